The predicted octanol–water partition coefficient (Wildman–Crippen LogP) is 2.85. The minimum atomic E-state index is -0.577. The van der Waals surface area contributed by atoms with Crippen molar-refractivity contribution in [3.8, 4) is 0 Å². The number of hydrogen-bond donors (Lipinski definition) is 1. The molecule has 1 saturated carbocycles. The molecule has 0 radical (unpaired) electrons. The molecule has 1 aliphatic carbocycles. The molecule has 5 heteroatoms. The van der Waals surface area contributed by atoms with Crippen molar-refractivity contribution in [2.75, 3.05) is 17.3 Å². The number of rotatable bonds is 2. The van der Waals surface area contributed by atoms with Crippen LogP contribution in [0.15, 0.2) is 12.1 Å². The Balaban J connectivity index is 1.97. The first-order chi connectivity index (χ1) is 9.08. The summed E-state index contributed by atoms with van der Waals surface area (Å²) < 4.78 is 0. The Morgan fingerprint density at radius 2 is 1.95 bits per heavy atom. The molecule has 1 fully saturated rings. The van der Waals surface area contributed by atoms with Gasteiger partial charge in [-0.05, 0) is 25.0 Å². The molecule has 1 aliphatic heterocycles. The third kappa shape index (κ3) is 2.00. The largest absolute Gasteiger partial charge is 0.370 e. The molecule has 1 aromatic rings. The van der Waals surface area contributed by atoms with Crippen LogP contribution in [0.4, 0.5) is 11.4 Å². The number of ketones is 1. The van der Waals surface area contributed by atoms with Crippen LogP contribution in [0.3, 0.4) is 0 Å². The second-order valence-electron chi connectivity index (χ2n) is 5.18. The first-order valence-corrected chi connectivity index (χ1v) is 6.88. The maximum atomic E-state index is 11.6. The van der Waals surface area contributed by atoms with Gasteiger partial charge in [-0.15, -0.1) is 0 Å². The lowest BCUT2D eigenvalue weighted by Crippen LogP contribution is -2.29. The highest BCUT2D eigenvalue weighted by Gasteiger charge is 2.30. The van der Waals surface area contributed by atoms with Crippen LogP contribution in [0, 0.1) is 0 Å². The highest BCUT2D eigenvalue weighted by Crippen LogP contribution is 2.37. The van der Waals surface area contributed by atoms with Crippen LogP contribution in [-0.4, -0.2) is 24.8 Å². The molecular weight excluding hydrogens is 264 g/mol. The van der Waals surface area contributed by atoms with Gasteiger partial charge in [-0.1, -0.05) is 24.4 Å². The normalized spacial score (nSPS) is 18.6. The molecule has 3 rings (SSSR count). The van der Waals surface area contributed by atoms with Crippen LogP contribution >= 0.6 is 11.6 Å². The first-order valence-electron chi connectivity index (χ1n) is 6.50. The molecule has 0 saturated heterocycles. The second-order valence-corrected chi connectivity index (χ2v) is 5.59. The Hall–Kier alpha value is -1.55. The molecular formula is C14H15ClN2O2. The van der Waals surface area contributed by atoms with Gasteiger partial charge in [0, 0.05) is 13.1 Å². The standard InChI is InChI=1S/C14H15ClN2O2/c1-17(8-4-2-3-5-8)12-7-11-9(6-10(12)15)13(18)14(19)16-11/h6-8H,2-5H2,1H3,(H,16,18,19). The number of nitrogens with zero attached hydrogens (tertiary/aromatic N) is 1. The number of carbonyl (C=O) groups excluding carboxylic acids is 2. The van der Waals surface area contributed by atoms with E-state index >= 15 is 0 Å². The van der Waals surface area contributed by atoms with E-state index in [2.05, 4.69) is 10.2 Å². The Morgan fingerprint density at radius 3 is 2.63 bits per heavy atom. The van der Waals surface area contributed by atoms with E-state index in [4.69, 9.17) is 11.6 Å². The molecule has 100 valence electrons. The minimum absolute atomic E-state index is 0.374. The molecule has 4 nitrogen and oxygen atoms in total. The molecule has 0 unspecified atom stereocenters. The van der Waals surface area contributed by atoms with Gasteiger partial charge in [0.05, 0.1) is 22.0 Å². The average Bonchev–Trinajstić information content (AvgIpc) is 3.00. The molecule has 0 aromatic heterocycles. The van der Waals surface area contributed by atoms with E-state index in [0.717, 1.165) is 18.5 Å². The zero-order valence-corrected chi connectivity index (χ0v) is 11.5. The average molecular weight is 279 g/mol. The van der Waals surface area contributed by atoms with E-state index < -0.39 is 11.7 Å². The van der Waals surface area contributed by atoms with Crippen LogP contribution in [0.1, 0.15) is 36.0 Å². The van der Waals surface area contributed by atoms with Crippen molar-refractivity contribution in [1.29, 1.82) is 0 Å². The van der Waals surface area contributed by atoms with Crippen LogP contribution in [0.25, 0.3) is 0 Å². The summed E-state index contributed by atoms with van der Waals surface area (Å²) in [4.78, 5) is 25.1. The lowest BCUT2D eigenvalue weighted by atomic mass is 10.1. The van der Waals surface area contributed by atoms with Crippen molar-refractivity contribution in [2.45, 2.75) is 31.7 Å². The Morgan fingerprint density at radius 1 is 1.26 bits per heavy atom. The van der Waals surface area contributed by atoms with Gasteiger partial charge >= 0.3 is 0 Å². The number of anilines is 2. The number of amides is 1. The van der Waals surface area contributed by atoms with E-state index in [0.29, 0.717) is 22.3 Å². The summed E-state index contributed by atoms with van der Waals surface area (Å²) in [6.45, 7) is 0. The van der Waals surface area contributed by atoms with Crippen molar-refractivity contribution in [3.63, 3.8) is 0 Å². The molecule has 1 amide bonds. The topological polar surface area (TPSA) is 49.4 Å². The Kier molecular flexibility index (Phi) is 2.97. The third-order valence-electron chi connectivity index (χ3n) is 4.04. The zero-order valence-electron chi connectivity index (χ0n) is 10.7. The number of Topliss-reactive ketones (excluding diaryl/α,β-unsaturated/α-hetero) is 1. The summed E-state index contributed by atoms with van der Waals surface area (Å²) in [5, 5.41) is 3.11. The molecule has 1 aromatic carbocycles. The van der Waals surface area contributed by atoms with Gasteiger partial charge < -0.3 is 10.2 Å². The van der Waals surface area contributed by atoms with Crippen LogP contribution < -0.4 is 10.2 Å². The number of halogens is 1. The van der Waals surface area contributed by atoms with Gasteiger partial charge in [-0.2, -0.15) is 0 Å². The van der Waals surface area contributed by atoms with E-state index in [1.165, 1.54) is 12.8 Å². The van der Waals surface area contributed by atoms with E-state index in [-0.39, 0.29) is 0 Å². The highest BCUT2D eigenvalue weighted by atomic mass is 35.5. The summed E-state index contributed by atoms with van der Waals surface area (Å²) in [6.07, 6.45) is 4.81. The number of hydrogen-bond acceptors (Lipinski definition) is 3. The number of benzene rings is 1. The smallest absolute Gasteiger partial charge is 0.296 e. The summed E-state index contributed by atoms with van der Waals surface area (Å²) in [6, 6.07) is 3.89. The molecule has 1 N–H and O–H groups in total. The third-order valence-corrected chi connectivity index (χ3v) is 4.34. The van der Waals surface area contributed by atoms with E-state index in [9.17, 15) is 9.59 Å². The van der Waals surface area contributed by atoms with Crippen molar-refractivity contribution in [3.05, 3.63) is 22.7 Å². The number of fused-ring (bicyclic) bond motifs is 1. The van der Waals surface area contributed by atoms with Gasteiger partial charge in [0.15, 0.2) is 0 Å². The van der Waals surface area contributed by atoms with Crippen LogP contribution in [0.2, 0.25) is 5.02 Å². The minimum Gasteiger partial charge on any atom is -0.370 e. The Bertz CT molecular complexity index is 565. The number of nitrogens with one attached hydrogen (secondary N) is 1. The molecule has 2 aliphatic rings. The molecule has 0 bridgehead atoms. The van der Waals surface area contributed by atoms with Crippen molar-refractivity contribution in [2.24, 2.45) is 0 Å². The van der Waals surface area contributed by atoms with E-state index in [1.54, 1.807) is 12.1 Å². The molecule has 0 atom stereocenters. The van der Waals surface area contributed by atoms with Gasteiger partial charge in [-0.3, -0.25) is 9.59 Å². The Labute approximate surface area is 116 Å². The van der Waals surface area contributed by atoms with Crippen LogP contribution in [0.5, 0.6) is 0 Å². The highest BCUT2D eigenvalue weighted by molar-refractivity contribution is 6.52. The summed E-state index contributed by atoms with van der Waals surface area (Å²) in [7, 11) is 2.02. The SMILES string of the molecule is CN(c1cc2c(cc1Cl)C(=O)C(=O)N2)C1CCCC1. The van der Waals surface area contributed by atoms with E-state index in [1.807, 2.05) is 7.05 Å². The van der Waals surface area contributed by atoms with Gasteiger partial charge in [0.25, 0.3) is 11.7 Å². The fourth-order valence-electron chi connectivity index (χ4n) is 2.91. The predicted molar refractivity (Wildman–Crippen MR) is 75.1 cm³/mol. The maximum Gasteiger partial charge on any atom is 0.296 e. The van der Waals surface area contributed by atoms with Gasteiger partial charge in [-0.25, -0.2) is 0 Å². The monoisotopic (exact) mass is 278 g/mol. The van der Waals surface area contributed by atoms with Gasteiger partial charge in [0.1, 0.15) is 0 Å². The fourth-order valence-corrected chi connectivity index (χ4v) is 3.21. The van der Waals surface area contributed by atoms with Crippen molar-refractivity contribution < 1.29 is 9.59 Å². The van der Waals surface area contributed by atoms with Crippen molar-refractivity contribution >= 4 is 34.7 Å². The second kappa shape index (κ2) is 4.53. The summed E-state index contributed by atoms with van der Waals surface area (Å²) in [5.41, 5.74) is 1.82. The number of carbonyl (C=O) groups is 2. The zero-order chi connectivity index (χ0) is 13.6. The lowest BCUT2D eigenvalue weighted by Gasteiger charge is -2.27. The van der Waals surface area contributed by atoms with Crippen molar-refractivity contribution in [1.82, 2.24) is 0 Å². The quantitative estimate of drug-likeness (QED) is 0.846. The fraction of sp³-hybridized carbons (Fsp3) is 0.429. The first kappa shape index (κ1) is 12.5. The van der Waals surface area contributed by atoms with Crippen LogP contribution in [-0.2, 0) is 4.79 Å². The summed E-state index contributed by atoms with van der Waals surface area (Å²) in [5.74, 6) is -1.08. The lowest BCUT2D eigenvalue weighted by molar-refractivity contribution is -0.112. The molecule has 0 spiro atoms. The maximum absolute atomic E-state index is 11.6. The summed E-state index contributed by atoms with van der Waals surface area (Å²) >= 11 is 6.26. The van der Waals surface area contributed by atoms with Gasteiger partial charge in [0.2, 0.25) is 0 Å². The molecule has 19 heavy (non-hydrogen) atoms. The molecule has 1 heterocycles.